The van der Waals surface area contributed by atoms with Crippen LogP contribution in [0.4, 0.5) is 37.7 Å². The molecule has 0 saturated heterocycles. The van der Waals surface area contributed by atoms with Crippen LogP contribution in [0.3, 0.4) is 0 Å². The van der Waals surface area contributed by atoms with Gasteiger partial charge in [-0.1, -0.05) is 102 Å². The van der Waals surface area contributed by atoms with Gasteiger partial charge in [-0.2, -0.15) is 0 Å². The normalized spacial score (nSPS) is 17.0. The van der Waals surface area contributed by atoms with Crippen molar-refractivity contribution in [2.75, 3.05) is 44.2 Å². The highest BCUT2D eigenvalue weighted by molar-refractivity contribution is 7.15. The standard InChI is InChI=1S/C36H30ClF4N3O4.C33H29FN2O3.C31H26ClFN2O4S/c1-18(45)19-10-28(41)33-29(13-19)44(17-36(8-9-36)16-31(42)46)32(43-33)15-23-25(38)11-20(12-26(23)39)22-4-3-5-30-34(22)48-35(2,47-30)24-7-6-21(37)14-27(24)40;1-21(37)23-13-14-29-30(18-23)36(15-16-38-2)32(35-29)20-25-12-11-24(17-28(25)34)27-10-6-9-26-19-31(39-33(26)27)22-7-4-3-5-8-22;1-18(36)19-7-11-25-26(15-19)35(13-14-37-3)29(34-25)17-21-9-12-28(40-21)22-5-4-6-27-30(22)39-31(2,38-27)23-10-8-20(32)16-24(23)33/h3-7,10-14,32,43H,8-9,15-17H2,1-2H3,(H2,42,46);3-14,17-18,31H,15-16,19-20H2,1-2H3;4-12,15-16H,13-14,17H2,1-3H3. The summed E-state index contributed by atoms with van der Waals surface area (Å²) in [6, 6.07) is 60.9. The van der Waals surface area contributed by atoms with E-state index in [0.717, 1.165) is 95.6 Å². The Morgan fingerprint density at radius 2 is 1.09 bits per heavy atom. The van der Waals surface area contributed by atoms with E-state index in [1.807, 2.05) is 102 Å². The third-order valence-corrected chi connectivity index (χ3v) is 25.3. The number of halogens is 8. The Balaban J connectivity index is 0.000000135. The van der Waals surface area contributed by atoms with Gasteiger partial charge in [0.15, 0.2) is 40.3 Å². The monoisotopic (exact) mass is 1780 g/mol. The lowest BCUT2D eigenvalue weighted by atomic mass is 9.98. The van der Waals surface area contributed by atoms with E-state index in [0.29, 0.717) is 96.4 Å². The summed E-state index contributed by atoms with van der Waals surface area (Å²) in [5.41, 5.74) is 16.3. The number of fused-ring (bicyclic) bond motifs is 6. The number of hydrogen-bond donors (Lipinski definition) is 2. The van der Waals surface area contributed by atoms with Crippen LogP contribution in [-0.2, 0) is 64.6 Å². The van der Waals surface area contributed by atoms with Crippen LogP contribution in [0, 0.1) is 40.3 Å². The molecule has 0 spiro atoms. The van der Waals surface area contributed by atoms with Crippen LogP contribution in [0.2, 0.25) is 10.0 Å². The topological polar surface area (TPSA) is 210 Å². The van der Waals surface area contributed by atoms with Crippen molar-refractivity contribution in [3.8, 4) is 61.4 Å². The second-order valence-electron chi connectivity index (χ2n) is 32.6. The van der Waals surface area contributed by atoms with Gasteiger partial charge in [-0.15, -0.1) is 11.3 Å². The fourth-order valence-corrected chi connectivity index (χ4v) is 18.4. The largest absolute Gasteiger partial charge is 0.484 e. The Labute approximate surface area is 741 Å². The maximum atomic E-state index is 15.9. The second-order valence-corrected chi connectivity index (χ2v) is 34.6. The Bertz CT molecular complexity index is 6700. The Kier molecular flexibility index (Phi) is 23.9. The zero-order valence-corrected chi connectivity index (χ0v) is 72.4. The van der Waals surface area contributed by atoms with Crippen molar-refractivity contribution in [2.24, 2.45) is 11.1 Å². The van der Waals surface area contributed by atoms with E-state index < -0.39 is 58.1 Å². The molecule has 1 amide bonds. The first-order valence-electron chi connectivity index (χ1n) is 41.3. The number of rotatable bonds is 25. The fraction of sp³-hybridized carbons (Fsp3) is 0.240. The zero-order chi connectivity index (χ0) is 89.1. The van der Waals surface area contributed by atoms with Crippen LogP contribution < -0.4 is 39.6 Å². The van der Waals surface area contributed by atoms with Crippen LogP contribution >= 0.6 is 34.5 Å². The maximum absolute atomic E-state index is 15.9. The number of nitrogens with one attached hydrogen (secondary N) is 1. The predicted octanol–water partition coefficient (Wildman–Crippen LogP) is 22.5. The van der Waals surface area contributed by atoms with Gasteiger partial charge in [0.2, 0.25) is 5.91 Å². The molecule has 11 aromatic carbocycles. The van der Waals surface area contributed by atoms with Crippen LogP contribution in [0.5, 0.6) is 28.7 Å². The van der Waals surface area contributed by atoms with E-state index in [1.54, 1.807) is 99.8 Å². The van der Waals surface area contributed by atoms with Gasteiger partial charge in [0.05, 0.1) is 57.8 Å². The van der Waals surface area contributed by atoms with E-state index in [-0.39, 0.29) is 98.7 Å². The molecule has 4 unspecified atom stereocenters. The van der Waals surface area contributed by atoms with E-state index >= 15 is 17.6 Å². The molecule has 18 nitrogen and oxygen atoms in total. The van der Waals surface area contributed by atoms with E-state index in [9.17, 15) is 28.0 Å². The van der Waals surface area contributed by atoms with E-state index in [2.05, 4.69) is 34.1 Å². The van der Waals surface area contributed by atoms with Crippen molar-refractivity contribution in [1.29, 1.82) is 0 Å². The number of carbonyl (C=O) groups excluding carboxylic acids is 4. The van der Waals surface area contributed by atoms with Gasteiger partial charge in [-0.25, -0.2) is 36.3 Å². The van der Waals surface area contributed by atoms with E-state index in [4.69, 9.17) is 72.1 Å². The summed E-state index contributed by atoms with van der Waals surface area (Å²) in [5, 5.41) is 3.56. The lowest BCUT2D eigenvalue weighted by Gasteiger charge is -2.31. The third kappa shape index (κ3) is 17.6. The van der Waals surface area contributed by atoms with Gasteiger partial charge in [-0.05, 0) is 200 Å². The second kappa shape index (κ2) is 35.2. The average molecular weight is 1780 g/mol. The molecule has 0 radical (unpaired) electrons. The molecule has 1 aliphatic carbocycles. The number of ketones is 3. The van der Waals surface area contributed by atoms with Crippen molar-refractivity contribution < 1.29 is 78.7 Å². The molecule has 4 aliphatic heterocycles. The van der Waals surface area contributed by atoms with Crippen LogP contribution in [0.1, 0.15) is 141 Å². The number of Topliss-reactive ketones (excluding diaryl/α,β-unsaturated/α-hetero) is 3. The molecule has 14 aromatic rings. The number of benzene rings is 11. The molecule has 7 heterocycles. The molecule has 127 heavy (non-hydrogen) atoms. The first kappa shape index (κ1) is 86.3. The Hall–Kier alpha value is -12.8. The number of primary amides is 1. The molecule has 19 rings (SSSR count). The Morgan fingerprint density at radius 1 is 0.543 bits per heavy atom. The average Bonchev–Trinajstić information content (AvgIpc) is 1.60. The number of ether oxygens (including phenoxy) is 7. The molecule has 5 aliphatic rings. The summed E-state index contributed by atoms with van der Waals surface area (Å²) >= 11 is 13.5. The highest BCUT2D eigenvalue weighted by Gasteiger charge is 2.49. The highest BCUT2D eigenvalue weighted by Crippen LogP contribution is 2.55. The number of aromatic nitrogens is 4. The number of methoxy groups -OCH3 is 2. The quantitative estimate of drug-likeness (QED) is 0.0403. The van der Waals surface area contributed by atoms with E-state index in [1.165, 1.54) is 44.2 Å². The molecule has 27 heteroatoms. The summed E-state index contributed by atoms with van der Waals surface area (Å²) in [6.07, 6.45) is 2.17. The number of imidazole rings is 2. The summed E-state index contributed by atoms with van der Waals surface area (Å²) in [4.78, 5) is 61.5. The zero-order valence-electron chi connectivity index (χ0n) is 70.1. The minimum absolute atomic E-state index is 0.00830. The summed E-state index contributed by atoms with van der Waals surface area (Å²) in [7, 11) is 3.31. The minimum atomic E-state index is -1.57. The number of para-hydroxylation sites is 3. The number of anilines is 2. The van der Waals surface area contributed by atoms with Crippen molar-refractivity contribution in [3.05, 3.63) is 324 Å². The van der Waals surface area contributed by atoms with Gasteiger partial charge in [0.25, 0.3) is 11.6 Å². The van der Waals surface area contributed by atoms with Gasteiger partial charge in [-0.3, -0.25) is 19.2 Å². The maximum Gasteiger partial charge on any atom is 0.278 e. The lowest BCUT2D eigenvalue weighted by molar-refractivity contribution is -0.119. The van der Waals surface area contributed by atoms with Gasteiger partial charge >= 0.3 is 0 Å². The molecule has 0 bridgehead atoms. The van der Waals surface area contributed by atoms with Crippen molar-refractivity contribution >= 4 is 91.2 Å². The first-order valence-corrected chi connectivity index (χ1v) is 42.9. The number of nitrogens with zero attached hydrogens (tertiary/aromatic N) is 5. The van der Waals surface area contributed by atoms with Gasteiger partial charge in [0.1, 0.15) is 64.6 Å². The predicted molar refractivity (Wildman–Crippen MR) is 476 cm³/mol. The number of carbonyl (C=O) groups is 4. The molecule has 1 saturated carbocycles. The summed E-state index contributed by atoms with van der Waals surface area (Å²) in [6.45, 7) is 10.1. The molecule has 3 aromatic heterocycles. The molecule has 1 fully saturated rings. The van der Waals surface area contributed by atoms with Crippen molar-refractivity contribution in [3.63, 3.8) is 0 Å². The number of hydrogen-bond acceptors (Lipinski definition) is 16. The summed E-state index contributed by atoms with van der Waals surface area (Å²) < 4.78 is 138. The van der Waals surface area contributed by atoms with Crippen LogP contribution in [-0.4, -0.2) is 82.5 Å². The minimum Gasteiger partial charge on any atom is -0.484 e. The number of amides is 1. The third-order valence-electron chi connectivity index (χ3n) is 23.7. The van der Waals surface area contributed by atoms with Crippen LogP contribution in [0.15, 0.2) is 212 Å². The smallest absolute Gasteiger partial charge is 0.278 e. The van der Waals surface area contributed by atoms with Gasteiger partial charge in [0, 0.05) is 139 Å². The van der Waals surface area contributed by atoms with Crippen molar-refractivity contribution in [1.82, 2.24) is 19.1 Å². The number of thiophene rings is 1. The SMILES string of the molecule is CC(=O)c1cc(F)c2c(c1)N(CC1(CC(N)=O)CC1)C(Cc1c(F)cc(-c3cccc4c3OC(C)(c3ccc(Cl)cc3F)O4)cc1F)N2.COCCn1c(Cc2ccc(-c3cccc4c3OC(C)(c3ccc(Cl)cc3F)O4)s2)nc2ccc(C(C)=O)cc21.COCCn1c(Cc2ccc(-c3cccc4c3OC(c3ccccc3)C4)cc2F)nc2ccc(C(C)=O)cc21. The molecular formula is C100H85Cl2F6N7O11S. The molecular weight excluding hydrogens is 1690 g/mol. The van der Waals surface area contributed by atoms with Gasteiger partial charge < -0.3 is 58.2 Å². The fourth-order valence-electron chi connectivity index (χ4n) is 17.1. The van der Waals surface area contributed by atoms with Crippen molar-refractivity contribution in [2.45, 2.75) is 116 Å². The molecule has 3 N–H and O–H groups in total. The highest BCUT2D eigenvalue weighted by atomic mass is 35.5. The molecule has 648 valence electrons. The first-order chi connectivity index (χ1) is 61.0. The number of nitrogens with two attached hydrogens (primary N) is 1. The Morgan fingerprint density at radius 3 is 1.65 bits per heavy atom. The van der Waals surface area contributed by atoms with Crippen LogP contribution in [0.25, 0.3) is 54.8 Å². The summed E-state index contributed by atoms with van der Waals surface area (Å²) in [5.74, 6) is -3.51. The lowest BCUT2D eigenvalue weighted by Crippen LogP contribution is -2.42. The molecule has 4 atom stereocenters.